The van der Waals surface area contributed by atoms with Crippen molar-refractivity contribution in [3.8, 4) is 0 Å². The Hall–Kier alpha value is -1.00. The van der Waals surface area contributed by atoms with Crippen molar-refractivity contribution in [1.82, 2.24) is 0 Å². The molecule has 1 rings (SSSR count). The number of hydrogen-bond acceptors (Lipinski definition) is 1. The number of nitrogens with one attached hydrogen (secondary N) is 1. The van der Waals surface area contributed by atoms with Gasteiger partial charge in [0.1, 0.15) is 0 Å². The highest BCUT2D eigenvalue weighted by Crippen LogP contribution is 2.22. The highest BCUT2D eigenvalue weighted by atomic mass is 35.5. The molecule has 0 saturated carbocycles. The molecule has 15 heavy (non-hydrogen) atoms. The standard InChI is InChI=1S/C10H14ClNO2Si/c1-15(2,3)8-6-4-5-7(11)9(8)12-10(13)14/h4-6,12H,1-3H3,(H,13,14). The Morgan fingerprint density at radius 2 is 2.00 bits per heavy atom. The van der Waals surface area contributed by atoms with E-state index in [0.717, 1.165) is 5.19 Å². The minimum absolute atomic E-state index is 0.456. The van der Waals surface area contributed by atoms with E-state index in [4.69, 9.17) is 16.7 Å². The summed E-state index contributed by atoms with van der Waals surface area (Å²) in [5.41, 5.74) is 0.533. The van der Waals surface area contributed by atoms with E-state index in [1.54, 1.807) is 6.07 Å². The Bertz CT molecular complexity index is 387. The molecule has 0 saturated heterocycles. The van der Waals surface area contributed by atoms with Crippen LogP contribution in [-0.4, -0.2) is 19.3 Å². The Balaban J connectivity index is 3.26. The second-order valence-corrected chi connectivity index (χ2v) is 9.79. The van der Waals surface area contributed by atoms with Gasteiger partial charge in [0.25, 0.3) is 0 Å². The van der Waals surface area contributed by atoms with E-state index < -0.39 is 14.2 Å². The minimum Gasteiger partial charge on any atom is -0.465 e. The summed E-state index contributed by atoms with van der Waals surface area (Å²) < 4.78 is 0. The number of para-hydroxylation sites is 1. The van der Waals surface area contributed by atoms with Gasteiger partial charge in [-0.05, 0) is 11.3 Å². The molecule has 0 atom stereocenters. The van der Waals surface area contributed by atoms with Crippen LogP contribution in [0.5, 0.6) is 0 Å². The first-order chi connectivity index (χ1) is 6.82. The minimum atomic E-state index is -1.59. The summed E-state index contributed by atoms with van der Waals surface area (Å²) in [6, 6.07) is 5.47. The molecule has 0 aliphatic rings. The molecule has 0 heterocycles. The first-order valence-electron chi connectivity index (χ1n) is 4.61. The van der Waals surface area contributed by atoms with Crippen LogP contribution in [0, 0.1) is 0 Å². The molecule has 1 amide bonds. The molecule has 3 nitrogen and oxygen atoms in total. The number of benzene rings is 1. The summed E-state index contributed by atoms with van der Waals surface area (Å²) in [4.78, 5) is 10.6. The summed E-state index contributed by atoms with van der Waals surface area (Å²) in [6.07, 6.45) is -1.08. The van der Waals surface area contributed by atoms with Gasteiger partial charge in [0.2, 0.25) is 0 Å². The third kappa shape index (κ3) is 2.97. The first kappa shape index (κ1) is 12.1. The van der Waals surface area contributed by atoms with Crippen molar-refractivity contribution in [2.75, 3.05) is 5.32 Å². The fraction of sp³-hybridized carbons (Fsp3) is 0.300. The van der Waals surface area contributed by atoms with E-state index in [1.807, 2.05) is 12.1 Å². The molecule has 1 aromatic carbocycles. The smallest absolute Gasteiger partial charge is 0.409 e. The van der Waals surface area contributed by atoms with Crippen molar-refractivity contribution in [2.24, 2.45) is 0 Å². The lowest BCUT2D eigenvalue weighted by Gasteiger charge is -2.21. The molecular weight excluding hydrogens is 230 g/mol. The summed E-state index contributed by atoms with van der Waals surface area (Å²) in [5, 5.41) is 12.6. The Morgan fingerprint density at radius 3 is 2.47 bits per heavy atom. The lowest BCUT2D eigenvalue weighted by molar-refractivity contribution is 0.210. The lowest BCUT2D eigenvalue weighted by atomic mass is 10.3. The molecule has 0 aromatic heterocycles. The zero-order chi connectivity index (χ0) is 11.6. The summed E-state index contributed by atoms with van der Waals surface area (Å²) in [5.74, 6) is 0. The number of amides is 1. The third-order valence-electron chi connectivity index (χ3n) is 2.05. The molecule has 0 unspecified atom stereocenters. The van der Waals surface area contributed by atoms with E-state index in [0.29, 0.717) is 10.7 Å². The van der Waals surface area contributed by atoms with Crippen LogP contribution in [0.3, 0.4) is 0 Å². The van der Waals surface area contributed by atoms with Gasteiger partial charge in [0.15, 0.2) is 0 Å². The van der Waals surface area contributed by atoms with E-state index in [9.17, 15) is 4.79 Å². The molecule has 1 aromatic rings. The molecule has 5 heteroatoms. The zero-order valence-corrected chi connectivity index (χ0v) is 10.7. The first-order valence-corrected chi connectivity index (χ1v) is 8.49. The number of carbonyl (C=O) groups is 1. The van der Waals surface area contributed by atoms with E-state index in [2.05, 4.69) is 25.0 Å². The average Bonchev–Trinajstić information content (AvgIpc) is 2.05. The van der Waals surface area contributed by atoms with Crippen LogP contribution in [0.1, 0.15) is 0 Å². The molecular formula is C10H14ClNO2Si. The van der Waals surface area contributed by atoms with Gasteiger partial charge in [0, 0.05) is 0 Å². The number of hydrogen-bond donors (Lipinski definition) is 2. The molecule has 0 spiro atoms. The van der Waals surface area contributed by atoms with Crippen LogP contribution < -0.4 is 10.5 Å². The number of anilines is 1. The topological polar surface area (TPSA) is 49.3 Å². The van der Waals surface area contributed by atoms with Gasteiger partial charge in [-0.3, -0.25) is 5.32 Å². The Morgan fingerprint density at radius 1 is 1.40 bits per heavy atom. The normalized spacial score (nSPS) is 11.2. The quantitative estimate of drug-likeness (QED) is 0.785. The third-order valence-corrected chi connectivity index (χ3v) is 4.40. The van der Waals surface area contributed by atoms with Crippen molar-refractivity contribution in [3.63, 3.8) is 0 Å². The monoisotopic (exact) mass is 243 g/mol. The predicted octanol–water partition coefficient (Wildman–Crippen LogP) is 2.98. The molecule has 0 aliphatic carbocycles. The number of rotatable bonds is 2. The SMILES string of the molecule is C[Si](C)(C)c1cccc(Cl)c1NC(=O)O. The Kier molecular flexibility index (Phi) is 3.41. The maximum Gasteiger partial charge on any atom is 0.409 e. The molecule has 82 valence electrons. The van der Waals surface area contributed by atoms with Crippen LogP contribution in [0.4, 0.5) is 10.5 Å². The number of halogens is 1. The average molecular weight is 244 g/mol. The van der Waals surface area contributed by atoms with Gasteiger partial charge in [-0.1, -0.05) is 43.4 Å². The maximum atomic E-state index is 10.6. The largest absolute Gasteiger partial charge is 0.465 e. The van der Waals surface area contributed by atoms with Gasteiger partial charge >= 0.3 is 6.09 Å². The van der Waals surface area contributed by atoms with Crippen LogP contribution in [0.25, 0.3) is 0 Å². The van der Waals surface area contributed by atoms with Crippen molar-refractivity contribution in [3.05, 3.63) is 23.2 Å². The second kappa shape index (κ2) is 4.24. The maximum absolute atomic E-state index is 10.6. The second-order valence-electron chi connectivity index (χ2n) is 4.34. The molecule has 0 radical (unpaired) electrons. The number of carboxylic acid groups (broad SMARTS) is 1. The van der Waals surface area contributed by atoms with Crippen LogP contribution in [0.15, 0.2) is 18.2 Å². The van der Waals surface area contributed by atoms with Gasteiger partial charge in [-0.2, -0.15) is 0 Å². The van der Waals surface area contributed by atoms with Crippen molar-refractivity contribution in [2.45, 2.75) is 19.6 Å². The van der Waals surface area contributed by atoms with Gasteiger partial charge in [0.05, 0.1) is 18.8 Å². The molecule has 0 fully saturated rings. The van der Waals surface area contributed by atoms with E-state index in [1.165, 1.54) is 0 Å². The lowest BCUT2D eigenvalue weighted by Crippen LogP contribution is -2.40. The van der Waals surface area contributed by atoms with Gasteiger partial charge in [-0.25, -0.2) is 4.79 Å². The van der Waals surface area contributed by atoms with Crippen LogP contribution in [-0.2, 0) is 0 Å². The van der Waals surface area contributed by atoms with E-state index in [-0.39, 0.29) is 0 Å². The van der Waals surface area contributed by atoms with Gasteiger partial charge < -0.3 is 5.11 Å². The van der Waals surface area contributed by atoms with Crippen LogP contribution >= 0.6 is 11.6 Å². The van der Waals surface area contributed by atoms with Crippen molar-refractivity contribution in [1.29, 1.82) is 0 Å². The Labute approximate surface area is 95.1 Å². The van der Waals surface area contributed by atoms with E-state index >= 15 is 0 Å². The van der Waals surface area contributed by atoms with Crippen LogP contribution in [0.2, 0.25) is 24.7 Å². The molecule has 2 N–H and O–H groups in total. The summed E-state index contributed by atoms with van der Waals surface area (Å²) in [7, 11) is -1.59. The fourth-order valence-corrected chi connectivity index (χ4v) is 3.23. The summed E-state index contributed by atoms with van der Waals surface area (Å²) in [6.45, 7) is 6.43. The fourth-order valence-electron chi connectivity index (χ4n) is 1.38. The molecule has 0 bridgehead atoms. The highest BCUT2D eigenvalue weighted by molar-refractivity contribution is 6.90. The zero-order valence-electron chi connectivity index (χ0n) is 8.97. The van der Waals surface area contributed by atoms with Gasteiger partial charge in [-0.15, -0.1) is 0 Å². The highest BCUT2D eigenvalue weighted by Gasteiger charge is 2.22. The predicted molar refractivity (Wildman–Crippen MR) is 66.1 cm³/mol. The molecule has 0 aliphatic heterocycles. The van der Waals surface area contributed by atoms with Crippen molar-refractivity contribution >= 4 is 36.6 Å². The summed E-state index contributed by atoms with van der Waals surface area (Å²) >= 11 is 5.98. The van der Waals surface area contributed by atoms with Crippen molar-refractivity contribution < 1.29 is 9.90 Å².